The minimum absolute atomic E-state index is 0.0621. The highest BCUT2D eigenvalue weighted by molar-refractivity contribution is 5.48. The number of aromatic nitrogens is 2. The van der Waals surface area contributed by atoms with Crippen LogP contribution in [0.1, 0.15) is 76.1 Å². The van der Waals surface area contributed by atoms with Crippen molar-refractivity contribution in [3.63, 3.8) is 0 Å². The molecule has 0 aromatic carbocycles. The van der Waals surface area contributed by atoms with Crippen molar-refractivity contribution in [1.29, 1.82) is 0 Å². The maximum absolute atomic E-state index is 5.91. The average Bonchev–Trinajstić information content (AvgIpc) is 2.81. The molecule has 1 aromatic rings. The first kappa shape index (κ1) is 15.2. The van der Waals surface area contributed by atoms with Gasteiger partial charge in [0.2, 0.25) is 0 Å². The molecule has 2 unspecified atom stereocenters. The van der Waals surface area contributed by atoms with E-state index in [0.717, 1.165) is 43.1 Å². The van der Waals surface area contributed by atoms with Crippen molar-refractivity contribution in [2.45, 2.75) is 72.0 Å². The van der Waals surface area contributed by atoms with E-state index >= 15 is 0 Å². The van der Waals surface area contributed by atoms with Gasteiger partial charge in [0, 0.05) is 17.8 Å². The molecule has 1 fully saturated rings. The molecule has 1 N–H and O–H groups in total. The van der Waals surface area contributed by atoms with E-state index in [1.807, 2.05) is 0 Å². The molecular formula is C16H27N3O. The van der Waals surface area contributed by atoms with Gasteiger partial charge in [-0.1, -0.05) is 20.8 Å². The molecule has 2 atom stereocenters. The highest BCUT2D eigenvalue weighted by Crippen LogP contribution is 2.33. The Hall–Kier alpha value is -1.16. The predicted molar refractivity (Wildman–Crippen MR) is 82.2 cm³/mol. The van der Waals surface area contributed by atoms with Crippen molar-refractivity contribution >= 4 is 5.82 Å². The number of hydrogen-bond acceptors (Lipinski definition) is 4. The first-order chi connectivity index (χ1) is 9.52. The van der Waals surface area contributed by atoms with Gasteiger partial charge in [0.25, 0.3) is 0 Å². The zero-order valence-corrected chi connectivity index (χ0v) is 13.4. The van der Waals surface area contributed by atoms with E-state index in [9.17, 15) is 0 Å². The van der Waals surface area contributed by atoms with Gasteiger partial charge in [0.15, 0.2) is 5.82 Å². The molecule has 0 radical (unpaired) electrons. The molecule has 1 aliphatic rings. The average molecular weight is 277 g/mol. The third kappa shape index (κ3) is 3.29. The maximum atomic E-state index is 5.91. The van der Waals surface area contributed by atoms with Crippen molar-refractivity contribution in [2.75, 3.05) is 11.9 Å². The Balaban J connectivity index is 2.33. The highest BCUT2D eigenvalue weighted by Gasteiger charge is 2.27. The van der Waals surface area contributed by atoms with Gasteiger partial charge in [-0.15, -0.1) is 0 Å². The lowest BCUT2D eigenvalue weighted by atomic mass is 10.0. The number of nitrogens with zero attached hydrogens (tertiary/aromatic N) is 2. The molecule has 0 spiro atoms. The number of aryl methyl sites for hydroxylation is 1. The van der Waals surface area contributed by atoms with Gasteiger partial charge in [-0.05, 0) is 39.0 Å². The van der Waals surface area contributed by atoms with Gasteiger partial charge >= 0.3 is 0 Å². The normalized spacial score (nSPS) is 22.5. The number of ether oxygens (including phenoxy) is 1. The van der Waals surface area contributed by atoms with E-state index in [1.54, 1.807) is 0 Å². The second-order valence-electron chi connectivity index (χ2n) is 6.02. The lowest BCUT2D eigenvalue weighted by Crippen LogP contribution is -2.14. The van der Waals surface area contributed by atoms with Crippen molar-refractivity contribution in [1.82, 2.24) is 9.97 Å². The minimum Gasteiger partial charge on any atom is -0.370 e. The molecule has 20 heavy (non-hydrogen) atoms. The monoisotopic (exact) mass is 277 g/mol. The Kier molecular flexibility index (Phi) is 4.97. The zero-order valence-electron chi connectivity index (χ0n) is 13.4. The van der Waals surface area contributed by atoms with Gasteiger partial charge in [-0.25, -0.2) is 9.97 Å². The quantitative estimate of drug-likeness (QED) is 0.884. The van der Waals surface area contributed by atoms with Gasteiger partial charge in [-0.3, -0.25) is 0 Å². The summed E-state index contributed by atoms with van der Waals surface area (Å²) in [5, 5.41) is 3.45. The number of hydrogen-bond donors (Lipinski definition) is 1. The van der Waals surface area contributed by atoms with E-state index in [1.165, 1.54) is 5.56 Å². The fraction of sp³-hybridized carbons (Fsp3) is 0.750. The van der Waals surface area contributed by atoms with Crippen LogP contribution >= 0.6 is 0 Å². The first-order valence-electron chi connectivity index (χ1n) is 7.80. The zero-order chi connectivity index (χ0) is 14.7. The van der Waals surface area contributed by atoms with E-state index in [-0.39, 0.29) is 6.10 Å². The summed E-state index contributed by atoms with van der Waals surface area (Å²) in [6.45, 7) is 11.7. The van der Waals surface area contributed by atoms with Crippen LogP contribution in [0.3, 0.4) is 0 Å². The molecule has 1 saturated heterocycles. The summed E-state index contributed by atoms with van der Waals surface area (Å²) >= 11 is 0. The Labute approximate surface area is 122 Å². The van der Waals surface area contributed by atoms with Crippen LogP contribution in [0, 0.1) is 6.92 Å². The molecule has 4 nitrogen and oxygen atoms in total. The fourth-order valence-electron chi connectivity index (χ4n) is 2.81. The van der Waals surface area contributed by atoms with E-state index in [2.05, 4.69) is 39.9 Å². The number of anilines is 1. The lowest BCUT2D eigenvalue weighted by molar-refractivity contribution is 0.0502. The van der Waals surface area contributed by atoms with Gasteiger partial charge in [0.05, 0.1) is 6.10 Å². The largest absolute Gasteiger partial charge is 0.370 e. The molecule has 4 heteroatoms. The molecule has 1 aliphatic heterocycles. The minimum atomic E-state index is 0.0621. The topological polar surface area (TPSA) is 47.0 Å². The lowest BCUT2D eigenvalue weighted by Gasteiger charge is -2.19. The molecule has 112 valence electrons. The molecule has 0 saturated carbocycles. The fourth-order valence-corrected chi connectivity index (χ4v) is 2.81. The predicted octanol–water partition coefficient (Wildman–Crippen LogP) is 3.97. The Morgan fingerprint density at radius 2 is 2.05 bits per heavy atom. The summed E-state index contributed by atoms with van der Waals surface area (Å²) < 4.78 is 5.91. The van der Waals surface area contributed by atoms with E-state index in [0.29, 0.717) is 12.0 Å². The summed E-state index contributed by atoms with van der Waals surface area (Å²) in [6, 6.07) is 0. The summed E-state index contributed by atoms with van der Waals surface area (Å²) in [5.41, 5.74) is 2.31. The Morgan fingerprint density at radius 1 is 1.30 bits per heavy atom. The van der Waals surface area contributed by atoms with Crippen LogP contribution in [0.25, 0.3) is 0 Å². The third-order valence-electron chi connectivity index (χ3n) is 3.79. The SMILES string of the molecule is CCCNc1nc(C2CCC(C)O2)nc(C)c1C(C)C. The summed E-state index contributed by atoms with van der Waals surface area (Å²) in [6.07, 6.45) is 3.59. The second-order valence-corrected chi connectivity index (χ2v) is 6.02. The van der Waals surface area contributed by atoms with Crippen LogP contribution in [0.4, 0.5) is 5.82 Å². The number of nitrogens with one attached hydrogen (secondary N) is 1. The molecule has 2 rings (SSSR count). The van der Waals surface area contributed by atoms with Gasteiger partial charge in [0.1, 0.15) is 11.9 Å². The molecule has 0 bridgehead atoms. The van der Waals surface area contributed by atoms with Crippen LogP contribution < -0.4 is 5.32 Å². The smallest absolute Gasteiger partial charge is 0.159 e. The summed E-state index contributed by atoms with van der Waals surface area (Å²) in [7, 11) is 0. The third-order valence-corrected chi connectivity index (χ3v) is 3.79. The molecule has 0 aliphatic carbocycles. The van der Waals surface area contributed by atoms with Crippen LogP contribution in [0.5, 0.6) is 0 Å². The second kappa shape index (κ2) is 6.53. The Bertz CT molecular complexity index is 459. The van der Waals surface area contributed by atoms with Gasteiger partial charge in [-0.2, -0.15) is 0 Å². The number of rotatable bonds is 5. The van der Waals surface area contributed by atoms with Crippen LogP contribution in [-0.4, -0.2) is 22.6 Å². The van der Waals surface area contributed by atoms with Crippen LogP contribution in [-0.2, 0) is 4.74 Å². The standard InChI is InChI=1S/C16H27N3O/c1-6-9-17-16-14(10(2)3)12(5)18-15(19-16)13-8-7-11(4)20-13/h10-11,13H,6-9H2,1-5H3,(H,17,18,19). The van der Waals surface area contributed by atoms with Crippen LogP contribution in [0.15, 0.2) is 0 Å². The van der Waals surface area contributed by atoms with Crippen molar-refractivity contribution in [3.8, 4) is 0 Å². The van der Waals surface area contributed by atoms with Crippen molar-refractivity contribution < 1.29 is 4.74 Å². The summed E-state index contributed by atoms with van der Waals surface area (Å²) in [4.78, 5) is 9.46. The molecule has 2 heterocycles. The van der Waals surface area contributed by atoms with E-state index < -0.39 is 0 Å². The van der Waals surface area contributed by atoms with Crippen molar-refractivity contribution in [3.05, 3.63) is 17.1 Å². The maximum Gasteiger partial charge on any atom is 0.159 e. The molecular weight excluding hydrogens is 250 g/mol. The molecule has 0 amide bonds. The van der Waals surface area contributed by atoms with Gasteiger partial charge < -0.3 is 10.1 Å². The first-order valence-corrected chi connectivity index (χ1v) is 7.80. The Morgan fingerprint density at radius 3 is 2.60 bits per heavy atom. The van der Waals surface area contributed by atoms with Crippen molar-refractivity contribution in [2.24, 2.45) is 0 Å². The van der Waals surface area contributed by atoms with Crippen LogP contribution in [0.2, 0.25) is 0 Å². The molecule has 1 aromatic heterocycles. The highest BCUT2D eigenvalue weighted by atomic mass is 16.5. The summed E-state index contributed by atoms with van der Waals surface area (Å²) in [5.74, 6) is 2.26. The van der Waals surface area contributed by atoms with E-state index in [4.69, 9.17) is 14.7 Å².